The molecule has 3 aromatic rings. The molecular weight excluding hydrogens is 681 g/mol. The van der Waals surface area contributed by atoms with E-state index in [0.717, 1.165) is 108 Å². The van der Waals surface area contributed by atoms with E-state index in [1.165, 1.54) is 5.56 Å². The van der Waals surface area contributed by atoms with Crippen molar-refractivity contribution in [3.8, 4) is 11.5 Å². The van der Waals surface area contributed by atoms with E-state index in [4.69, 9.17) is 9.47 Å². The molecule has 5 heterocycles. The number of aromatic nitrogens is 2. The van der Waals surface area contributed by atoms with E-state index in [1.54, 1.807) is 14.2 Å². The first-order valence-corrected chi connectivity index (χ1v) is 19.0. The van der Waals surface area contributed by atoms with E-state index in [0.29, 0.717) is 25.6 Å². The van der Waals surface area contributed by atoms with Crippen molar-refractivity contribution in [2.45, 2.75) is 63.6 Å². The molecule has 4 aliphatic rings. The van der Waals surface area contributed by atoms with Crippen molar-refractivity contribution in [2.75, 3.05) is 65.9 Å². The number of carbonyl (C=O) groups excluding carboxylic acids is 2. The zero-order valence-electron chi connectivity index (χ0n) is 32.3. The van der Waals surface area contributed by atoms with Crippen LogP contribution in [0.25, 0.3) is 11.3 Å². The first-order valence-electron chi connectivity index (χ1n) is 19.0. The topological polar surface area (TPSA) is 118 Å². The van der Waals surface area contributed by atoms with Crippen LogP contribution < -0.4 is 20.1 Å². The van der Waals surface area contributed by atoms with Crippen molar-refractivity contribution in [3.05, 3.63) is 95.6 Å². The summed E-state index contributed by atoms with van der Waals surface area (Å²) in [5.74, 6) is 2.14. The molecule has 0 aliphatic carbocycles. The average Bonchev–Trinajstić information content (AvgIpc) is 3.68. The van der Waals surface area contributed by atoms with Crippen LogP contribution in [-0.2, 0) is 16.1 Å². The lowest BCUT2D eigenvalue weighted by atomic mass is 9.86. The van der Waals surface area contributed by atoms with Gasteiger partial charge < -0.3 is 29.9 Å². The summed E-state index contributed by atoms with van der Waals surface area (Å²) >= 11 is 0. The summed E-state index contributed by atoms with van der Waals surface area (Å²) in [6.07, 6.45) is 7.43. The Morgan fingerprint density at radius 2 is 1.65 bits per heavy atom. The van der Waals surface area contributed by atoms with Crippen molar-refractivity contribution in [2.24, 2.45) is 0 Å². The number of likely N-dealkylation sites (tertiary alicyclic amines) is 1. The predicted molar refractivity (Wildman–Crippen MR) is 212 cm³/mol. The summed E-state index contributed by atoms with van der Waals surface area (Å²) in [5.41, 5.74) is 8.18. The van der Waals surface area contributed by atoms with E-state index in [9.17, 15) is 9.59 Å². The minimum absolute atomic E-state index is 0.0201. The highest BCUT2D eigenvalue weighted by atomic mass is 16.5. The van der Waals surface area contributed by atoms with Crippen molar-refractivity contribution in [3.63, 3.8) is 0 Å². The summed E-state index contributed by atoms with van der Waals surface area (Å²) in [5, 5.41) is 13.6. The molecule has 4 aliphatic heterocycles. The monoisotopic (exact) mass is 734 g/mol. The number of benzene rings is 2. The highest BCUT2D eigenvalue weighted by molar-refractivity contribution is 5.89. The number of aromatic amines is 1. The minimum atomic E-state index is -0.585. The van der Waals surface area contributed by atoms with Gasteiger partial charge in [-0.3, -0.25) is 24.5 Å². The van der Waals surface area contributed by atoms with Crippen molar-refractivity contribution in [1.29, 1.82) is 0 Å². The molecule has 3 N–H and O–H groups in total. The summed E-state index contributed by atoms with van der Waals surface area (Å²) in [6.45, 7) is 17.5. The largest absolute Gasteiger partial charge is 0.496 e. The molecule has 0 bridgehead atoms. The zero-order chi connectivity index (χ0) is 38.1. The van der Waals surface area contributed by atoms with Gasteiger partial charge in [-0.25, -0.2) is 0 Å². The molecule has 12 heteroatoms. The number of rotatable bonds is 10. The Morgan fingerprint density at radius 3 is 2.28 bits per heavy atom. The van der Waals surface area contributed by atoms with Crippen molar-refractivity contribution in [1.82, 2.24) is 35.1 Å². The quantitative estimate of drug-likeness (QED) is 0.257. The van der Waals surface area contributed by atoms with Crippen molar-refractivity contribution < 1.29 is 19.1 Å². The number of nitrogens with one attached hydrogen (secondary N) is 3. The van der Waals surface area contributed by atoms with Gasteiger partial charge in [0.25, 0.3) is 0 Å². The van der Waals surface area contributed by atoms with Crippen LogP contribution >= 0.6 is 0 Å². The SMILES string of the molecule is C=C1CCC(Nc2ccc(C3CCN(C(C)(C)C(=O)N4CCN(Cc5c(OC)cc(C6=CN(C)C(=C)c7[nH]ncc76)cc5OC)CC4)CC3)cc2)C(=O)N1. The number of H-pyrrole nitrogens is 1. The lowest BCUT2D eigenvalue weighted by Gasteiger charge is -2.45. The molecule has 7 rings (SSSR count). The van der Waals surface area contributed by atoms with Crippen LogP contribution in [0.4, 0.5) is 5.69 Å². The predicted octanol–water partition coefficient (Wildman–Crippen LogP) is 5.24. The lowest BCUT2D eigenvalue weighted by molar-refractivity contribution is -0.145. The second kappa shape index (κ2) is 15.3. The van der Waals surface area contributed by atoms with Gasteiger partial charge in [-0.05, 0) is 93.9 Å². The van der Waals surface area contributed by atoms with Gasteiger partial charge in [0.05, 0.1) is 42.9 Å². The smallest absolute Gasteiger partial charge is 0.246 e. The molecule has 54 heavy (non-hydrogen) atoms. The van der Waals surface area contributed by atoms with Gasteiger partial charge in [-0.2, -0.15) is 5.10 Å². The standard InChI is InChI=1S/C42H54N8O4/c1-27-8-13-36(40(51)44-27)45-32-11-9-29(10-12-32)30-14-16-50(17-15-30)42(3,4)41(52)49-20-18-48(19-21-49)26-35-37(53-6)22-31(23-38(35)54-7)34-25-47(5)28(2)39-33(34)24-43-46-39/h9-12,22-25,30,36,45H,1-2,8,13-21,26H2,3-7H3,(H,43,46)(H,44,51). The Balaban J connectivity index is 0.929. The van der Waals surface area contributed by atoms with Gasteiger partial charge in [0.1, 0.15) is 17.5 Å². The molecular formula is C42H54N8O4. The number of anilines is 1. The number of piperidine rings is 2. The number of carbonyl (C=O) groups is 2. The third kappa shape index (κ3) is 7.37. The molecule has 286 valence electrons. The second-order valence-corrected chi connectivity index (χ2v) is 15.5. The lowest BCUT2D eigenvalue weighted by Crippen LogP contribution is -2.60. The molecule has 2 amide bonds. The van der Waals surface area contributed by atoms with E-state index in [-0.39, 0.29) is 17.9 Å². The third-order valence-electron chi connectivity index (χ3n) is 11.8. The van der Waals surface area contributed by atoms with E-state index in [1.807, 2.05) is 23.0 Å². The normalized spacial score (nSPS) is 20.4. The number of hydrogen-bond acceptors (Lipinski definition) is 9. The second-order valence-electron chi connectivity index (χ2n) is 15.5. The van der Waals surface area contributed by atoms with Crippen LogP contribution in [0.1, 0.15) is 73.4 Å². The van der Waals surface area contributed by atoms with Crippen LogP contribution in [0.5, 0.6) is 11.5 Å². The molecule has 0 saturated carbocycles. The maximum Gasteiger partial charge on any atom is 0.246 e. The highest BCUT2D eigenvalue weighted by Gasteiger charge is 2.40. The Labute approximate surface area is 318 Å². The molecule has 1 aromatic heterocycles. The Bertz CT molecular complexity index is 1910. The number of fused-ring (bicyclic) bond motifs is 1. The first kappa shape index (κ1) is 37.3. The summed E-state index contributed by atoms with van der Waals surface area (Å²) in [7, 11) is 5.37. The number of ether oxygens (including phenoxy) is 2. The minimum Gasteiger partial charge on any atom is -0.496 e. The average molecular weight is 735 g/mol. The van der Waals surface area contributed by atoms with Gasteiger partial charge in [-0.1, -0.05) is 25.3 Å². The fraction of sp³-hybridized carbons (Fsp3) is 0.452. The van der Waals surface area contributed by atoms with Gasteiger partial charge in [0.15, 0.2) is 0 Å². The summed E-state index contributed by atoms with van der Waals surface area (Å²) in [4.78, 5) is 35.1. The maximum absolute atomic E-state index is 14.0. The van der Waals surface area contributed by atoms with Gasteiger partial charge in [0, 0.05) is 68.5 Å². The molecule has 1 unspecified atom stereocenters. The van der Waals surface area contributed by atoms with Gasteiger partial charge in [-0.15, -0.1) is 0 Å². The van der Waals surface area contributed by atoms with E-state index < -0.39 is 5.54 Å². The number of nitrogens with zero attached hydrogens (tertiary/aromatic N) is 5. The summed E-state index contributed by atoms with van der Waals surface area (Å²) in [6, 6.07) is 12.4. The van der Waals surface area contributed by atoms with Gasteiger partial charge in [0.2, 0.25) is 11.8 Å². The number of hydrogen-bond donors (Lipinski definition) is 3. The maximum atomic E-state index is 14.0. The molecule has 12 nitrogen and oxygen atoms in total. The first-order chi connectivity index (χ1) is 26.0. The fourth-order valence-corrected chi connectivity index (χ4v) is 8.34. The molecule has 1 atom stereocenters. The molecule has 3 fully saturated rings. The van der Waals surface area contributed by atoms with E-state index >= 15 is 0 Å². The highest BCUT2D eigenvalue weighted by Crippen LogP contribution is 2.40. The fourth-order valence-electron chi connectivity index (χ4n) is 8.34. The van der Waals surface area contributed by atoms with Crippen LogP contribution in [-0.4, -0.2) is 114 Å². The molecule has 0 radical (unpaired) electrons. The molecule has 0 spiro atoms. The Morgan fingerprint density at radius 1 is 0.981 bits per heavy atom. The van der Waals surface area contributed by atoms with Crippen molar-refractivity contribution >= 4 is 28.8 Å². The molecule has 2 aromatic carbocycles. The Kier molecular flexibility index (Phi) is 10.6. The molecule has 3 saturated heterocycles. The van der Waals surface area contributed by atoms with Crippen LogP contribution in [0, 0.1) is 0 Å². The Hall–Kier alpha value is -5.07. The van der Waals surface area contributed by atoms with Crippen LogP contribution in [0.2, 0.25) is 0 Å². The number of amides is 2. The van der Waals surface area contributed by atoms with E-state index in [2.05, 4.69) is 100 Å². The van der Waals surface area contributed by atoms with Crippen LogP contribution in [0.15, 0.2) is 67.6 Å². The number of methoxy groups -OCH3 is 2. The third-order valence-corrected chi connectivity index (χ3v) is 11.8. The number of allylic oxidation sites excluding steroid dienone is 1. The number of piperazine rings is 1. The zero-order valence-corrected chi connectivity index (χ0v) is 32.3. The summed E-state index contributed by atoms with van der Waals surface area (Å²) < 4.78 is 11.9. The van der Waals surface area contributed by atoms with Crippen LogP contribution in [0.3, 0.4) is 0 Å². The van der Waals surface area contributed by atoms with Gasteiger partial charge >= 0.3 is 0 Å².